The first-order chi connectivity index (χ1) is 7.99. The number of benzene rings is 1. The van der Waals surface area contributed by atoms with Gasteiger partial charge in [-0.3, -0.25) is 0 Å². The molecular weight excluding hydrogens is 325 g/mol. The summed E-state index contributed by atoms with van der Waals surface area (Å²) in [5.41, 5.74) is 6.89. The molecule has 90 valence electrons. The molecular formula is C12H10BrClFNS. The van der Waals surface area contributed by atoms with Crippen molar-refractivity contribution >= 4 is 38.9 Å². The summed E-state index contributed by atoms with van der Waals surface area (Å²) in [6.45, 7) is 2.01. The lowest BCUT2D eigenvalue weighted by Gasteiger charge is -2.12. The molecule has 0 amide bonds. The average molecular weight is 335 g/mol. The molecule has 1 atom stereocenters. The van der Waals surface area contributed by atoms with Crippen molar-refractivity contribution in [2.75, 3.05) is 0 Å². The first-order valence-corrected chi connectivity index (χ1v) is 6.94. The van der Waals surface area contributed by atoms with Crippen LogP contribution >= 0.6 is 38.9 Å². The van der Waals surface area contributed by atoms with E-state index in [1.54, 1.807) is 17.4 Å². The van der Waals surface area contributed by atoms with Gasteiger partial charge in [-0.25, -0.2) is 4.39 Å². The standard InChI is InChI=1S/C12H10BrClFNS/c1-6-4-9(13)12(17-6)11(16)8-3-2-7(15)5-10(8)14/h2-5,11H,16H2,1H3. The normalized spacial score (nSPS) is 12.8. The molecule has 1 nitrogen and oxygen atoms in total. The first kappa shape index (κ1) is 13.0. The van der Waals surface area contributed by atoms with Crippen molar-refractivity contribution in [1.29, 1.82) is 0 Å². The van der Waals surface area contributed by atoms with Crippen molar-refractivity contribution in [1.82, 2.24) is 0 Å². The van der Waals surface area contributed by atoms with Crippen LogP contribution < -0.4 is 5.73 Å². The Labute approximate surface area is 117 Å². The molecule has 0 aliphatic heterocycles. The van der Waals surface area contributed by atoms with Crippen LogP contribution in [0.5, 0.6) is 0 Å². The average Bonchev–Trinajstić information content (AvgIpc) is 2.57. The van der Waals surface area contributed by atoms with Crippen LogP contribution in [-0.2, 0) is 0 Å². The fourth-order valence-electron chi connectivity index (χ4n) is 1.61. The molecule has 1 aromatic carbocycles. The largest absolute Gasteiger partial charge is 0.320 e. The van der Waals surface area contributed by atoms with Gasteiger partial charge in [-0.05, 0) is 46.6 Å². The Balaban J connectivity index is 2.43. The molecule has 1 aromatic heterocycles. The maximum absolute atomic E-state index is 13.0. The van der Waals surface area contributed by atoms with E-state index in [1.807, 2.05) is 13.0 Å². The molecule has 0 aliphatic rings. The minimum Gasteiger partial charge on any atom is -0.320 e. The van der Waals surface area contributed by atoms with Crippen LogP contribution in [0.3, 0.4) is 0 Å². The van der Waals surface area contributed by atoms with Gasteiger partial charge in [0.15, 0.2) is 0 Å². The van der Waals surface area contributed by atoms with Gasteiger partial charge in [-0.15, -0.1) is 11.3 Å². The summed E-state index contributed by atoms with van der Waals surface area (Å²) in [6.07, 6.45) is 0. The number of thiophene rings is 1. The van der Waals surface area contributed by atoms with Crippen molar-refractivity contribution in [3.05, 3.63) is 54.9 Å². The molecule has 0 aliphatic carbocycles. The number of nitrogens with two attached hydrogens (primary N) is 1. The predicted octanol–water partition coefficient (Wildman–Crippen LogP) is 4.66. The molecule has 0 spiro atoms. The molecule has 1 heterocycles. The van der Waals surface area contributed by atoms with Gasteiger partial charge in [0, 0.05) is 19.2 Å². The predicted molar refractivity (Wildman–Crippen MR) is 74.2 cm³/mol. The number of hydrogen-bond acceptors (Lipinski definition) is 2. The van der Waals surface area contributed by atoms with Gasteiger partial charge >= 0.3 is 0 Å². The maximum atomic E-state index is 13.0. The molecule has 5 heteroatoms. The summed E-state index contributed by atoms with van der Waals surface area (Å²) >= 11 is 11.1. The van der Waals surface area contributed by atoms with E-state index in [0.717, 1.165) is 14.9 Å². The quantitative estimate of drug-likeness (QED) is 0.849. The number of halogens is 3. The highest BCUT2D eigenvalue weighted by Gasteiger charge is 2.17. The summed E-state index contributed by atoms with van der Waals surface area (Å²) in [5.74, 6) is -0.354. The van der Waals surface area contributed by atoms with E-state index >= 15 is 0 Å². The Kier molecular flexibility index (Phi) is 3.88. The molecule has 2 rings (SSSR count). The van der Waals surface area contributed by atoms with Gasteiger partial charge in [-0.2, -0.15) is 0 Å². The second-order valence-electron chi connectivity index (χ2n) is 3.71. The zero-order valence-corrected chi connectivity index (χ0v) is 12.2. The van der Waals surface area contributed by atoms with Gasteiger partial charge in [-0.1, -0.05) is 17.7 Å². The van der Waals surface area contributed by atoms with Crippen LogP contribution in [0.15, 0.2) is 28.7 Å². The van der Waals surface area contributed by atoms with E-state index in [4.69, 9.17) is 17.3 Å². The van der Waals surface area contributed by atoms with E-state index in [1.165, 1.54) is 17.0 Å². The molecule has 17 heavy (non-hydrogen) atoms. The van der Waals surface area contributed by atoms with Gasteiger partial charge in [0.05, 0.1) is 6.04 Å². The monoisotopic (exact) mass is 333 g/mol. The molecule has 2 aromatic rings. The summed E-state index contributed by atoms with van der Waals surface area (Å²) in [5, 5.41) is 0.357. The highest BCUT2D eigenvalue weighted by atomic mass is 79.9. The van der Waals surface area contributed by atoms with Crippen LogP contribution in [0.1, 0.15) is 21.4 Å². The Hall–Kier alpha value is -0.420. The van der Waals surface area contributed by atoms with E-state index in [2.05, 4.69) is 15.9 Å². The highest BCUT2D eigenvalue weighted by molar-refractivity contribution is 9.10. The topological polar surface area (TPSA) is 26.0 Å². The van der Waals surface area contributed by atoms with Crippen LogP contribution in [0, 0.1) is 12.7 Å². The Morgan fingerprint density at radius 2 is 2.12 bits per heavy atom. The third-order valence-electron chi connectivity index (χ3n) is 2.42. The highest BCUT2D eigenvalue weighted by Crippen LogP contribution is 2.36. The lowest BCUT2D eigenvalue weighted by atomic mass is 10.1. The van der Waals surface area contributed by atoms with Crippen molar-refractivity contribution < 1.29 is 4.39 Å². The lowest BCUT2D eigenvalue weighted by Crippen LogP contribution is -2.11. The molecule has 2 N–H and O–H groups in total. The van der Waals surface area contributed by atoms with Crippen molar-refractivity contribution in [3.8, 4) is 0 Å². The molecule has 0 bridgehead atoms. The van der Waals surface area contributed by atoms with Gasteiger partial charge in [0.1, 0.15) is 5.82 Å². The molecule has 1 unspecified atom stereocenters. The van der Waals surface area contributed by atoms with Crippen LogP contribution in [0.2, 0.25) is 5.02 Å². The summed E-state index contributed by atoms with van der Waals surface area (Å²) in [6, 6.07) is 5.96. The van der Waals surface area contributed by atoms with Gasteiger partial charge in [0.2, 0.25) is 0 Å². The number of aryl methyl sites for hydroxylation is 1. The van der Waals surface area contributed by atoms with Gasteiger partial charge < -0.3 is 5.73 Å². The first-order valence-electron chi connectivity index (χ1n) is 4.95. The van der Waals surface area contributed by atoms with Crippen LogP contribution in [0.25, 0.3) is 0 Å². The van der Waals surface area contributed by atoms with Crippen molar-refractivity contribution in [2.45, 2.75) is 13.0 Å². The lowest BCUT2D eigenvalue weighted by molar-refractivity contribution is 0.626. The van der Waals surface area contributed by atoms with E-state index < -0.39 is 0 Å². The van der Waals surface area contributed by atoms with Gasteiger partial charge in [0.25, 0.3) is 0 Å². The number of hydrogen-bond donors (Lipinski definition) is 1. The fraction of sp³-hybridized carbons (Fsp3) is 0.167. The minimum atomic E-state index is -0.354. The zero-order valence-electron chi connectivity index (χ0n) is 9.01. The third-order valence-corrected chi connectivity index (χ3v) is 4.80. The Morgan fingerprint density at radius 1 is 1.41 bits per heavy atom. The summed E-state index contributed by atoms with van der Waals surface area (Å²) in [7, 11) is 0. The van der Waals surface area contributed by atoms with Crippen LogP contribution in [-0.4, -0.2) is 0 Å². The minimum absolute atomic E-state index is 0.337. The zero-order chi connectivity index (χ0) is 12.6. The van der Waals surface area contributed by atoms with E-state index in [0.29, 0.717) is 5.02 Å². The molecule has 0 radical (unpaired) electrons. The fourth-order valence-corrected chi connectivity index (χ4v) is 3.81. The Bertz CT molecular complexity index is 555. The maximum Gasteiger partial charge on any atom is 0.124 e. The second kappa shape index (κ2) is 5.06. The third kappa shape index (κ3) is 2.71. The summed E-state index contributed by atoms with van der Waals surface area (Å²) < 4.78 is 13.9. The number of rotatable bonds is 2. The van der Waals surface area contributed by atoms with Crippen molar-refractivity contribution in [2.24, 2.45) is 5.73 Å². The SMILES string of the molecule is Cc1cc(Br)c(C(N)c2ccc(F)cc2Cl)s1. The molecule has 0 saturated carbocycles. The van der Waals surface area contributed by atoms with E-state index in [-0.39, 0.29) is 11.9 Å². The smallest absolute Gasteiger partial charge is 0.124 e. The van der Waals surface area contributed by atoms with Crippen molar-refractivity contribution in [3.63, 3.8) is 0 Å². The Morgan fingerprint density at radius 3 is 2.65 bits per heavy atom. The van der Waals surface area contributed by atoms with E-state index in [9.17, 15) is 4.39 Å². The molecule has 0 fully saturated rings. The summed E-state index contributed by atoms with van der Waals surface area (Å²) in [4.78, 5) is 2.16. The van der Waals surface area contributed by atoms with Crippen LogP contribution in [0.4, 0.5) is 4.39 Å². The second-order valence-corrected chi connectivity index (χ2v) is 6.26. The molecule has 0 saturated heterocycles.